The van der Waals surface area contributed by atoms with Gasteiger partial charge in [0, 0.05) is 43.7 Å². The number of carbonyl (C=O) groups is 2. The SMILES string of the molecule is CCN(CC)C(=O)CCNCc1ccc(C(N)=O)cc1F. The Bertz CT molecular complexity index is 502. The highest BCUT2D eigenvalue weighted by Gasteiger charge is 2.09. The van der Waals surface area contributed by atoms with E-state index < -0.39 is 11.7 Å². The Morgan fingerprint density at radius 2 is 1.95 bits per heavy atom. The molecule has 0 saturated carbocycles. The molecule has 6 heteroatoms. The first-order valence-corrected chi connectivity index (χ1v) is 7.06. The number of nitrogens with zero attached hydrogens (tertiary/aromatic N) is 1. The Kier molecular flexibility index (Phi) is 6.81. The summed E-state index contributed by atoms with van der Waals surface area (Å²) in [5.74, 6) is -1.05. The maximum absolute atomic E-state index is 13.7. The van der Waals surface area contributed by atoms with Crippen molar-refractivity contribution in [3.63, 3.8) is 0 Å². The highest BCUT2D eigenvalue weighted by atomic mass is 19.1. The molecule has 0 aliphatic rings. The normalized spacial score (nSPS) is 10.4. The van der Waals surface area contributed by atoms with Crippen molar-refractivity contribution >= 4 is 11.8 Å². The molecule has 3 N–H and O–H groups in total. The maximum Gasteiger partial charge on any atom is 0.248 e. The molecule has 1 aromatic rings. The van der Waals surface area contributed by atoms with Gasteiger partial charge in [-0.15, -0.1) is 0 Å². The van der Waals surface area contributed by atoms with Crippen molar-refractivity contribution in [2.75, 3.05) is 19.6 Å². The maximum atomic E-state index is 13.7. The van der Waals surface area contributed by atoms with Gasteiger partial charge in [-0.05, 0) is 26.0 Å². The number of carbonyl (C=O) groups excluding carboxylic acids is 2. The molecule has 0 aromatic heterocycles. The highest BCUT2D eigenvalue weighted by Crippen LogP contribution is 2.10. The minimum absolute atomic E-state index is 0.0806. The summed E-state index contributed by atoms with van der Waals surface area (Å²) in [6.07, 6.45) is 0.378. The van der Waals surface area contributed by atoms with Crippen molar-refractivity contribution in [1.29, 1.82) is 0 Å². The average molecular weight is 295 g/mol. The highest BCUT2D eigenvalue weighted by molar-refractivity contribution is 5.92. The van der Waals surface area contributed by atoms with Gasteiger partial charge in [-0.2, -0.15) is 0 Å². The van der Waals surface area contributed by atoms with Crippen LogP contribution in [0, 0.1) is 5.82 Å². The van der Waals surface area contributed by atoms with Gasteiger partial charge in [0.2, 0.25) is 11.8 Å². The molecule has 0 bridgehead atoms. The number of nitrogens with one attached hydrogen (secondary N) is 1. The molecule has 0 atom stereocenters. The van der Waals surface area contributed by atoms with Crippen LogP contribution in [-0.2, 0) is 11.3 Å². The first kappa shape index (κ1) is 17.1. The molecule has 1 rings (SSSR count). The van der Waals surface area contributed by atoms with Crippen LogP contribution in [0.25, 0.3) is 0 Å². The molecule has 0 unspecified atom stereocenters. The summed E-state index contributed by atoms with van der Waals surface area (Å²) in [6, 6.07) is 4.14. The van der Waals surface area contributed by atoms with Crippen LogP contribution in [0.1, 0.15) is 36.2 Å². The molecule has 0 fully saturated rings. The van der Waals surface area contributed by atoms with Crippen LogP contribution in [0.15, 0.2) is 18.2 Å². The van der Waals surface area contributed by atoms with E-state index in [4.69, 9.17) is 5.73 Å². The number of hydrogen-bond acceptors (Lipinski definition) is 3. The number of halogens is 1. The molecule has 0 saturated heterocycles. The summed E-state index contributed by atoms with van der Waals surface area (Å²) >= 11 is 0. The monoisotopic (exact) mass is 295 g/mol. The third kappa shape index (κ3) is 5.15. The third-order valence-corrected chi connectivity index (χ3v) is 3.28. The van der Waals surface area contributed by atoms with E-state index in [1.54, 1.807) is 4.90 Å². The first-order chi connectivity index (χ1) is 9.99. The lowest BCUT2D eigenvalue weighted by Gasteiger charge is -2.18. The number of rotatable bonds is 8. The molecule has 116 valence electrons. The largest absolute Gasteiger partial charge is 0.366 e. The quantitative estimate of drug-likeness (QED) is 0.709. The van der Waals surface area contributed by atoms with Gasteiger partial charge in [0.15, 0.2) is 0 Å². The Morgan fingerprint density at radius 1 is 1.29 bits per heavy atom. The second-order valence-corrected chi connectivity index (χ2v) is 4.66. The number of primary amides is 1. The molecule has 21 heavy (non-hydrogen) atoms. The Balaban J connectivity index is 2.43. The Morgan fingerprint density at radius 3 is 2.48 bits per heavy atom. The summed E-state index contributed by atoms with van der Waals surface area (Å²) in [6.45, 7) is 6.04. The van der Waals surface area contributed by atoms with Gasteiger partial charge >= 0.3 is 0 Å². The third-order valence-electron chi connectivity index (χ3n) is 3.28. The fourth-order valence-corrected chi connectivity index (χ4v) is 2.00. The molecule has 0 aliphatic heterocycles. The number of benzene rings is 1. The summed E-state index contributed by atoms with van der Waals surface area (Å²) < 4.78 is 13.7. The Hall–Kier alpha value is -1.95. The van der Waals surface area contributed by atoms with Crippen LogP contribution in [-0.4, -0.2) is 36.3 Å². The molecular formula is C15H22FN3O2. The minimum Gasteiger partial charge on any atom is -0.366 e. The second-order valence-electron chi connectivity index (χ2n) is 4.66. The first-order valence-electron chi connectivity index (χ1n) is 7.06. The molecule has 5 nitrogen and oxygen atoms in total. The van der Waals surface area contributed by atoms with Gasteiger partial charge in [-0.25, -0.2) is 4.39 Å². The van der Waals surface area contributed by atoms with Crippen molar-refractivity contribution in [3.05, 3.63) is 35.1 Å². The molecule has 0 spiro atoms. The number of amides is 2. The van der Waals surface area contributed by atoms with Crippen molar-refractivity contribution < 1.29 is 14.0 Å². The number of nitrogens with two attached hydrogens (primary N) is 1. The van der Waals surface area contributed by atoms with Gasteiger partial charge < -0.3 is 16.0 Å². The van der Waals surface area contributed by atoms with Crippen molar-refractivity contribution in [1.82, 2.24) is 10.2 Å². The fraction of sp³-hybridized carbons (Fsp3) is 0.467. The zero-order chi connectivity index (χ0) is 15.8. The van der Waals surface area contributed by atoms with Crippen LogP contribution < -0.4 is 11.1 Å². The smallest absolute Gasteiger partial charge is 0.248 e. The van der Waals surface area contributed by atoms with Crippen LogP contribution in [0.4, 0.5) is 4.39 Å². The van der Waals surface area contributed by atoms with E-state index in [1.165, 1.54) is 12.1 Å². The Labute approximate surface area is 124 Å². The molecule has 2 amide bonds. The predicted molar refractivity (Wildman–Crippen MR) is 79.2 cm³/mol. The van der Waals surface area contributed by atoms with E-state index in [1.807, 2.05) is 13.8 Å². The van der Waals surface area contributed by atoms with Gasteiger partial charge in [0.1, 0.15) is 5.82 Å². The van der Waals surface area contributed by atoms with Crippen molar-refractivity contribution in [3.8, 4) is 0 Å². The number of hydrogen-bond donors (Lipinski definition) is 2. The summed E-state index contributed by atoms with van der Waals surface area (Å²) in [7, 11) is 0. The van der Waals surface area contributed by atoms with Crippen LogP contribution in [0.3, 0.4) is 0 Å². The van der Waals surface area contributed by atoms with Crippen LogP contribution in [0.2, 0.25) is 0 Å². The standard InChI is InChI=1S/C15H22FN3O2/c1-3-19(4-2)14(20)7-8-18-10-12-6-5-11(15(17)21)9-13(12)16/h5-6,9,18H,3-4,7-8,10H2,1-2H3,(H2,17,21). The van der Waals surface area contributed by atoms with E-state index in [-0.39, 0.29) is 11.5 Å². The zero-order valence-corrected chi connectivity index (χ0v) is 12.5. The van der Waals surface area contributed by atoms with E-state index in [0.717, 1.165) is 6.07 Å². The van der Waals surface area contributed by atoms with Crippen LogP contribution in [0.5, 0.6) is 0 Å². The van der Waals surface area contributed by atoms with Gasteiger partial charge in [0.25, 0.3) is 0 Å². The predicted octanol–water partition coefficient (Wildman–Crippen LogP) is 1.27. The van der Waals surface area contributed by atoms with Crippen LogP contribution >= 0.6 is 0 Å². The van der Waals surface area contributed by atoms with Gasteiger partial charge in [0.05, 0.1) is 0 Å². The topological polar surface area (TPSA) is 75.4 Å². The lowest BCUT2D eigenvalue weighted by Crippen LogP contribution is -2.32. The van der Waals surface area contributed by atoms with E-state index in [0.29, 0.717) is 38.2 Å². The molecule has 0 heterocycles. The minimum atomic E-state index is -0.654. The fourth-order valence-electron chi connectivity index (χ4n) is 2.00. The summed E-state index contributed by atoms with van der Waals surface area (Å²) in [5.41, 5.74) is 5.67. The van der Waals surface area contributed by atoms with Crippen molar-refractivity contribution in [2.24, 2.45) is 5.73 Å². The summed E-state index contributed by atoms with van der Waals surface area (Å²) in [5, 5.41) is 3.02. The average Bonchev–Trinajstić information content (AvgIpc) is 2.46. The van der Waals surface area contributed by atoms with E-state index in [2.05, 4.69) is 5.32 Å². The molecule has 0 aliphatic carbocycles. The summed E-state index contributed by atoms with van der Waals surface area (Å²) in [4.78, 5) is 24.4. The van der Waals surface area contributed by atoms with Crippen molar-refractivity contribution in [2.45, 2.75) is 26.8 Å². The second kappa shape index (κ2) is 8.36. The lowest BCUT2D eigenvalue weighted by atomic mass is 10.1. The van der Waals surface area contributed by atoms with E-state index in [9.17, 15) is 14.0 Å². The van der Waals surface area contributed by atoms with Gasteiger partial charge in [-0.1, -0.05) is 6.07 Å². The van der Waals surface area contributed by atoms with Gasteiger partial charge in [-0.3, -0.25) is 9.59 Å². The molecular weight excluding hydrogens is 273 g/mol. The molecule has 0 radical (unpaired) electrons. The lowest BCUT2D eigenvalue weighted by molar-refractivity contribution is -0.130. The molecule has 1 aromatic carbocycles. The van der Waals surface area contributed by atoms with E-state index >= 15 is 0 Å². The zero-order valence-electron chi connectivity index (χ0n) is 12.5.